The molecule has 4 aromatic rings. The van der Waals surface area contributed by atoms with Crippen molar-refractivity contribution in [2.75, 3.05) is 0 Å². The number of benzene rings is 2. The van der Waals surface area contributed by atoms with Crippen LogP contribution in [0.4, 0.5) is 0 Å². The third-order valence-electron chi connectivity index (χ3n) is 4.51. The first kappa shape index (κ1) is 17.7. The molecule has 0 spiro atoms. The number of hydrogen-bond acceptors (Lipinski definition) is 4. The van der Waals surface area contributed by atoms with E-state index in [1.54, 1.807) is 30.6 Å². The van der Waals surface area contributed by atoms with Gasteiger partial charge in [-0.15, -0.1) is 0 Å². The van der Waals surface area contributed by atoms with E-state index in [-0.39, 0.29) is 4.90 Å². The zero-order valence-electron chi connectivity index (χ0n) is 14.7. The molecule has 0 unspecified atom stereocenters. The van der Waals surface area contributed by atoms with Crippen molar-refractivity contribution < 1.29 is 8.42 Å². The SMILES string of the molecule is Cc1cc2ncc(-c3ccn(S(=O)(=O)c4ccc(Cl)cc4)c3)nc2cc1C. The summed E-state index contributed by atoms with van der Waals surface area (Å²) in [5, 5.41) is 0.485. The molecule has 0 aliphatic carbocycles. The molecule has 136 valence electrons. The highest BCUT2D eigenvalue weighted by molar-refractivity contribution is 7.90. The first-order valence-corrected chi connectivity index (χ1v) is 10.1. The van der Waals surface area contributed by atoms with Gasteiger partial charge in [-0.05, 0) is 67.4 Å². The maximum Gasteiger partial charge on any atom is 0.267 e. The van der Waals surface area contributed by atoms with Gasteiger partial charge in [-0.25, -0.2) is 17.4 Å². The van der Waals surface area contributed by atoms with Gasteiger partial charge in [0, 0.05) is 23.0 Å². The average molecular weight is 398 g/mol. The Bertz CT molecular complexity index is 1260. The van der Waals surface area contributed by atoms with Crippen LogP contribution in [0.5, 0.6) is 0 Å². The summed E-state index contributed by atoms with van der Waals surface area (Å²) in [7, 11) is -3.69. The fourth-order valence-electron chi connectivity index (χ4n) is 2.81. The van der Waals surface area contributed by atoms with Crippen molar-refractivity contribution >= 4 is 32.7 Å². The van der Waals surface area contributed by atoms with E-state index < -0.39 is 10.0 Å². The van der Waals surface area contributed by atoms with Crippen LogP contribution in [0.1, 0.15) is 11.1 Å². The lowest BCUT2D eigenvalue weighted by atomic mass is 10.1. The third kappa shape index (κ3) is 3.22. The molecule has 0 aliphatic heterocycles. The van der Waals surface area contributed by atoms with Gasteiger partial charge in [0.1, 0.15) is 0 Å². The van der Waals surface area contributed by atoms with E-state index in [1.807, 2.05) is 26.0 Å². The first-order chi connectivity index (χ1) is 12.8. The van der Waals surface area contributed by atoms with Gasteiger partial charge in [0.15, 0.2) is 0 Å². The number of rotatable bonds is 3. The molecular weight excluding hydrogens is 382 g/mol. The van der Waals surface area contributed by atoms with Gasteiger partial charge < -0.3 is 0 Å². The summed E-state index contributed by atoms with van der Waals surface area (Å²) in [5.74, 6) is 0. The Balaban J connectivity index is 1.75. The molecule has 2 aromatic heterocycles. The second-order valence-corrected chi connectivity index (χ2v) is 8.65. The Hall–Kier alpha value is -2.70. The normalized spacial score (nSPS) is 11.8. The largest absolute Gasteiger partial charge is 0.267 e. The molecular formula is C20H16ClN3O2S. The van der Waals surface area contributed by atoms with Crippen molar-refractivity contribution in [3.63, 3.8) is 0 Å². The van der Waals surface area contributed by atoms with Crippen molar-refractivity contribution in [1.29, 1.82) is 0 Å². The highest BCUT2D eigenvalue weighted by atomic mass is 35.5. The molecule has 0 N–H and O–H groups in total. The molecule has 2 heterocycles. The van der Waals surface area contributed by atoms with Crippen LogP contribution in [0.15, 0.2) is 66.0 Å². The fourth-order valence-corrected chi connectivity index (χ4v) is 4.14. The van der Waals surface area contributed by atoms with Gasteiger partial charge in [0.2, 0.25) is 0 Å². The molecule has 7 heteroatoms. The highest BCUT2D eigenvalue weighted by Gasteiger charge is 2.17. The van der Waals surface area contributed by atoms with Gasteiger partial charge in [0.25, 0.3) is 10.0 Å². The van der Waals surface area contributed by atoms with Crippen LogP contribution >= 0.6 is 11.6 Å². The van der Waals surface area contributed by atoms with Crippen LogP contribution in [0.2, 0.25) is 5.02 Å². The summed E-state index contributed by atoms with van der Waals surface area (Å²) in [6.45, 7) is 4.06. The number of halogens is 1. The van der Waals surface area contributed by atoms with Gasteiger partial charge in [-0.2, -0.15) is 0 Å². The second-order valence-electron chi connectivity index (χ2n) is 6.37. The van der Waals surface area contributed by atoms with E-state index in [4.69, 9.17) is 11.6 Å². The maximum absolute atomic E-state index is 12.8. The van der Waals surface area contributed by atoms with E-state index >= 15 is 0 Å². The lowest BCUT2D eigenvalue weighted by molar-refractivity contribution is 0.587. The number of aromatic nitrogens is 3. The maximum atomic E-state index is 12.8. The lowest BCUT2D eigenvalue weighted by Gasteiger charge is -2.06. The molecule has 4 rings (SSSR count). The van der Waals surface area contributed by atoms with Gasteiger partial charge >= 0.3 is 0 Å². The lowest BCUT2D eigenvalue weighted by Crippen LogP contribution is -2.10. The average Bonchev–Trinajstić information content (AvgIpc) is 3.14. The van der Waals surface area contributed by atoms with Gasteiger partial charge in [-0.3, -0.25) is 4.98 Å². The van der Waals surface area contributed by atoms with Gasteiger partial charge in [0.05, 0.1) is 27.8 Å². The van der Waals surface area contributed by atoms with E-state index in [1.165, 1.54) is 22.3 Å². The molecule has 0 amide bonds. The molecule has 0 atom stereocenters. The van der Waals surface area contributed by atoms with Crippen LogP contribution in [-0.4, -0.2) is 22.4 Å². The summed E-state index contributed by atoms with van der Waals surface area (Å²) >= 11 is 5.84. The standard InChI is InChI=1S/C20H16ClN3O2S/c1-13-9-18-19(10-14(13)2)23-20(11-22-18)15-7-8-24(12-15)27(25,26)17-5-3-16(21)4-6-17/h3-12H,1-2H3. The smallest absolute Gasteiger partial charge is 0.252 e. The molecule has 0 radical (unpaired) electrons. The predicted octanol–water partition coefficient (Wildman–Crippen LogP) is 4.61. The van der Waals surface area contributed by atoms with Crippen molar-refractivity contribution in [1.82, 2.24) is 13.9 Å². The molecule has 0 saturated heterocycles. The third-order valence-corrected chi connectivity index (χ3v) is 6.41. The molecule has 2 aromatic carbocycles. The number of fused-ring (bicyclic) bond motifs is 1. The van der Waals surface area contributed by atoms with Gasteiger partial charge in [-0.1, -0.05) is 11.6 Å². The van der Waals surface area contributed by atoms with Crippen LogP contribution in [-0.2, 0) is 10.0 Å². The van der Waals surface area contributed by atoms with Crippen LogP contribution in [0.25, 0.3) is 22.3 Å². The molecule has 0 bridgehead atoms. The Morgan fingerprint density at radius 3 is 2.33 bits per heavy atom. The Morgan fingerprint density at radius 2 is 1.63 bits per heavy atom. The van der Waals surface area contributed by atoms with E-state index in [0.29, 0.717) is 16.3 Å². The van der Waals surface area contributed by atoms with Crippen molar-refractivity contribution in [3.05, 3.63) is 77.2 Å². The summed E-state index contributed by atoms with van der Waals surface area (Å²) in [6.07, 6.45) is 4.71. The van der Waals surface area contributed by atoms with Crippen molar-refractivity contribution in [2.24, 2.45) is 0 Å². The Morgan fingerprint density at radius 1 is 0.963 bits per heavy atom. The van der Waals surface area contributed by atoms with Crippen LogP contribution < -0.4 is 0 Å². The zero-order chi connectivity index (χ0) is 19.2. The molecule has 5 nitrogen and oxygen atoms in total. The minimum atomic E-state index is -3.69. The number of aryl methyl sites for hydroxylation is 2. The van der Waals surface area contributed by atoms with Crippen molar-refractivity contribution in [3.8, 4) is 11.3 Å². The Labute approximate surface area is 162 Å². The first-order valence-electron chi connectivity index (χ1n) is 8.28. The fraction of sp³-hybridized carbons (Fsp3) is 0.100. The highest BCUT2D eigenvalue weighted by Crippen LogP contribution is 2.24. The molecule has 0 saturated carbocycles. The summed E-state index contributed by atoms with van der Waals surface area (Å²) in [5.41, 5.74) is 5.19. The quantitative estimate of drug-likeness (QED) is 0.506. The second kappa shape index (κ2) is 6.48. The van der Waals surface area contributed by atoms with Crippen molar-refractivity contribution in [2.45, 2.75) is 18.7 Å². The van der Waals surface area contributed by atoms with E-state index in [9.17, 15) is 8.42 Å². The minimum absolute atomic E-state index is 0.171. The zero-order valence-corrected chi connectivity index (χ0v) is 16.3. The topological polar surface area (TPSA) is 64.8 Å². The predicted molar refractivity (Wildman–Crippen MR) is 106 cm³/mol. The van der Waals surface area contributed by atoms with E-state index in [0.717, 1.165) is 22.2 Å². The van der Waals surface area contributed by atoms with Crippen LogP contribution in [0, 0.1) is 13.8 Å². The molecule has 0 fully saturated rings. The molecule has 27 heavy (non-hydrogen) atoms. The summed E-state index contributed by atoms with van der Waals surface area (Å²) in [4.78, 5) is 9.27. The van der Waals surface area contributed by atoms with Crippen LogP contribution in [0.3, 0.4) is 0 Å². The number of hydrogen-bond donors (Lipinski definition) is 0. The van der Waals surface area contributed by atoms with E-state index in [2.05, 4.69) is 9.97 Å². The minimum Gasteiger partial charge on any atom is -0.252 e. The molecule has 0 aliphatic rings. The Kier molecular flexibility index (Phi) is 4.25. The summed E-state index contributed by atoms with van der Waals surface area (Å²) in [6, 6.07) is 11.8. The summed E-state index contributed by atoms with van der Waals surface area (Å²) < 4.78 is 26.7. The monoisotopic (exact) mass is 397 g/mol. The number of nitrogens with zero attached hydrogens (tertiary/aromatic N) is 3.